The first-order valence-corrected chi connectivity index (χ1v) is 3.53. The maximum atomic E-state index is 10.5. The van der Waals surface area contributed by atoms with Gasteiger partial charge in [0, 0.05) is 0 Å². The number of imidazole rings is 1. The number of primary amides is 1. The van der Waals surface area contributed by atoms with E-state index in [0.717, 1.165) is 0 Å². The van der Waals surface area contributed by atoms with Crippen molar-refractivity contribution in [1.82, 2.24) is 9.97 Å². The van der Waals surface area contributed by atoms with E-state index >= 15 is 0 Å². The third kappa shape index (κ3) is 1.20. The lowest BCUT2D eigenvalue weighted by Crippen LogP contribution is -2.12. The highest BCUT2D eigenvalue weighted by atomic mass is 127. The number of aromatic nitrogens is 2. The number of rotatable bonds is 2. The number of aromatic amines is 1. The van der Waals surface area contributed by atoms with Crippen LogP contribution in [0.25, 0.3) is 0 Å². The molecule has 0 aliphatic rings. The second-order valence-corrected chi connectivity index (χ2v) is 2.12. The molecule has 4 N–H and O–H groups in total. The molecule has 1 amide bonds. The number of nitrogens with one attached hydrogen (secondary N) is 2. The van der Waals surface area contributed by atoms with Gasteiger partial charge in [-0.05, 0) is 0 Å². The van der Waals surface area contributed by atoms with Crippen LogP contribution in [0.4, 0.5) is 5.82 Å². The molecule has 10 heavy (non-hydrogen) atoms. The third-order valence-electron chi connectivity index (χ3n) is 0.967. The molecule has 1 heterocycles. The van der Waals surface area contributed by atoms with Gasteiger partial charge in [0.1, 0.15) is 5.82 Å². The Balaban J connectivity index is 3.01. The first kappa shape index (κ1) is 7.32. The van der Waals surface area contributed by atoms with Crippen molar-refractivity contribution < 1.29 is 4.79 Å². The Bertz CT molecular complexity index is 245. The fourth-order valence-corrected chi connectivity index (χ4v) is 0.964. The fourth-order valence-electron chi connectivity index (χ4n) is 0.553. The molecule has 6 heteroatoms. The molecule has 0 unspecified atom stereocenters. The van der Waals surface area contributed by atoms with Gasteiger partial charge in [-0.3, -0.25) is 4.79 Å². The van der Waals surface area contributed by atoms with Crippen LogP contribution in [0.2, 0.25) is 0 Å². The summed E-state index contributed by atoms with van der Waals surface area (Å²) in [5.41, 5.74) is 5.20. The topological polar surface area (TPSA) is 83.8 Å². The van der Waals surface area contributed by atoms with Gasteiger partial charge in [-0.1, -0.05) is 0 Å². The van der Waals surface area contributed by atoms with Crippen molar-refractivity contribution in [1.29, 1.82) is 0 Å². The van der Waals surface area contributed by atoms with E-state index in [1.54, 1.807) is 0 Å². The summed E-state index contributed by atoms with van der Waals surface area (Å²) in [6, 6.07) is 0. The Labute approximate surface area is 70.9 Å². The fraction of sp³-hybridized carbons (Fsp3) is 0. The molecule has 0 aliphatic heterocycles. The normalized spacial score (nSPS) is 9.30. The summed E-state index contributed by atoms with van der Waals surface area (Å²) in [5, 5.41) is 0. The Morgan fingerprint density at radius 3 is 3.00 bits per heavy atom. The number of nitrogens with zero attached hydrogens (tertiary/aromatic N) is 1. The van der Waals surface area contributed by atoms with Gasteiger partial charge in [0.15, 0.2) is 5.69 Å². The number of halogens is 1. The zero-order valence-electron chi connectivity index (χ0n) is 4.89. The summed E-state index contributed by atoms with van der Waals surface area (Å²) < 4.78 is 2.71. The predicted octanol–water partition coefficient (Wildman–Crippen LogP) is 0.270. The number of carbonyl (C=O) groups excluding carboxylic acids is 1. The monoisotopic (exact) mass is 252 g/mol. The standard InChI is InChI=1S/C4H5IN4O/c5-9-4-2(3(6)10)7-1-8-4/h1,9H,(H2,6,10)(H,7,8). The van der Waals surface area contributed by atoms with Crippen LogP contribution in [0.15, 0.2) is 6.33 Å². The summed E-state index contributed by atoms with van der Waals surface area (Å²) in [6.07, 6.45) is 1.40. The van der Waals surface area contributed by atoms with Gasteiger partial charge >= 0.3 is 0 Å². The van der Waals surface area contributed by atoms with E-state index in [-0.39, 0.29) is 5.69 Å². The number of amides is 1. The number of H-pyrrole nitrogens is 1. The van der Waals surface area contributed by atoms with E-state index in [2.05, 4.69) is 13.5 Å². The predicted molar refractivity (Wildman–Crippen MR) is 44.7 cm³/mol. The second kappa shape index (κ2) is 2.86. The molecular weight excluding hydrogens is 247 g/mol. The summed E-state index contributed by atoms with van der Waals surface area (Å²) in [6.45, 7) is 0. The number of nitrogens with two attached hydrogens (primary N) is 1. The van der Waals surface area contributed by atoms with Crippen molar-refractivity contribution in [3.63, 3.8) is 0 Å². The maximum absolute atomic E-state index is 10.5. The van der Waals surface area contributed by atoms with E-state index in [9.17, 15) is 4.79 Å². The number of hydrogen-bond donors (Lipinski definition) is 3. The van der Waals surface area contributed by atoms with Crippen molar-refractivity contribution in [3.05, 3.63) is 12.0 Å². The van der Waals surface area contributed by atoms with Crippen LogP contribution >= 0.6 is 22.9 Å². The number of anilines is 1. The van der Waals surface area contributed by atoms with Crippen LogP contribution in [-0.4, -0.2) is 15.9 Å². The van der Waals surface area contributed by atoms with Gasteiger partial charge in [0.05, 0.1) is 29.2 Å². The Morgan fingerprint density at radius 2 is 2.60 bits per heavy atom. The van der Waals surface area contributed by atoms with Gasteiger partial charge in [-0.15, -0.1) is 0 Å². The van der Waals surface area contributed by atoms with Gasteiger partial charge < -0.3 is 14.2 Å². The van der Waals surface area contributed by atoms with Crippen molar-refractivity contribution in [3.8, 4) is 0 Å². The highest BCUT2D eigenvalue weighted by Crippen LogP contribution is 2.09. The summed E-state index contributed by atoms with van der Waals surface area (Å²) in [4.78, 5) is 16.9. The molecule has 0 bridgehead atoms. The number of hydrogen-bond acceptors (Lipinski definition) is 3. The molecule has 0 atom stereocenters. The first-order chi connectivity index (χ1) is 4.75. The van der Waals surface area contributed by atoms with Gasteiger partial charge in [0.25, 0.3) is 5.91 Å². The van der Waals surface area contributed by atoms with E-state index in [1.807, 2.05) is 22.9 Å². The largest absolute Gasteiger partial charge is 0.364 e. The molecule has 5 nitrogen and oxygen atoms in total. The summed E-state index contributed by atoms with van der Waals surface area (Å²) in [5.74, 6) is -0.00600. The molecule has 0 fully saturated rings. The van der Waals surface area contributed by atoms with Crippen LogP contribution < -0.4 is 9.26 Å². The highest BCUT2D eigenvalue weighted by molar-refractivity contribution is 14.1. The highest BCUT2D eigenvalue weighted by Gasteiger charge is 2.08. The van der Waals surface area contributed by atoms with Crippen LogP contribution in [-0.2, 0) is 0 Å². The van der Waals surface area contributed by atoms with Crippen LogP contribution in [0.5, 0.6) is 0 Å². The lowest BCUT2D eigenvalue weighted by Gasteiger charge is -1.92. The summed E-state index contributed by atoms with van der Waals surface area (Å²) >= 11 is 1.88. The molecular formula is C4H5IN4O. The second-order valence-electron chi connectivity index (χ2n) is 1.58. The molecule has 1 aromatic rings. The number of carbonyl (C=O) groups is 1. The first-order valence-electron chi connectivity index (χ1n) is 2.45. The smallest absolute Gasteiger partial charge is 0.271 e. The minimum absolute atomic E-state index is 0.231. The van der Waals surface area contributed by atoms with E-state index in [0.29, 0.717) is 5.82 Å². The Morgan fingerprint density at radius 1 is 1.90 bits per heavy atom. The third-order valence-corrected chi connectivity index (χ3v) is 1.51. The molecule has 54 valence electrons. The van der Waals surface area contributed by atoms with Gasteiger partial charge in [-0.2, -0.15) is 0 Å². The zero-order valence-corrected chi connectivity index (χ0v) is 7.05. The minimum Gasteiger partial charge on any atom is -0.364 e. The Kier molecular flexibility index (Phi) is 2.10. The SMILES string of the molecule is NC(=O)c1nc[nH]c1NI. The van der Waals surface area contributed by atoms with Crippen molar-refractivity contribution in [2.45, 2.75) is 0 Å². The molecule has 0 radical (unpaired) electrons. The minimum atomic E-state index is -0.541. The molecule has 0 spiro atoms. The lowest BCUT2D eigenvalue weighted by molar-refractivity contribution is 0.0997. The molecule has 0 saturated heterocycles. The van der Waals surface area contributed by atoms with E-state index in [1.165, 1.54) is 6.33 Å². The van der Waals surface area contributed by atoms with Crippen LogP contribution in [0, 0.1) is 0 Å². The van der Waals surface area contributed by atoms with Gasteiger partial charge in [0.2, 0.25) is 0 Å². The van der Waals surface area contributed by atoms with Crippen molar-refractivity contribution >= 4 is 34.6 Å². The summed E-state index contributed by atoms with van der Waals surface area (Å²) in [7, 11) is 0. The molecule has 1 aromatic heterocycles. The lowest BCUT2D eigenvalue weighted by atomic mass is 10.4. The maximum Gasteiger partial charge on any atom is 0.271 e. The molecule has 1 rings (SSSR count). The molecule has 0 saturated carbocycles. The van der Waals surface area contributed by atoms with Crippen LogP contribution in [0.3, 0.4) is 0 Å². The van der Waals surface area contributed by atoms with Gasteiger partial charge in [-0.25, -0.2) is 4.98 Å². The van der Waals surface area contributed by atoms with Crippen molar-refractivity contribution in [2.24, 2.45) is 5.73 Å². The molecule has 0 aromatic carbocycles. The van der Waals surface area contributed by atoms with E-state index < -0.39 is 5.91 Å². The Hall–Kier alpha value is -0.790. The van der Waals surface area contributed by atoms with E-state index in [4.69, 9.17) is 5.73 Å². The molecule has 0 aliphatic carbocycles. The average Bonchev–Trinajstić information content (AvgIpc) is 2.33. The van der Waals surface area contributed by atoms with Crippen LogP contribution in [0.1, 0.15) is 10.5 Å². The average molecular weight is 252 g/mol. The quantitative estimate of drug-likeness (QED) is 0.521. The van der Waals surface area contributed by atoms with Crippen molar-refractivity contribution in [2.75, 3.05) is 3.53 Å². The zero-order chi connectivity index (χ0) is 7.56.